The molecule has 0 aliphatic heterocycles. The standard InChI is InChI=1S/C19H17FN2/c20-17-11-5-4-10-16(17)19(18-12-6-7-13-21-18)22-14-15-8-2-1-3-9-15/h1-13,19,22H,14H2/t19-/m0/s1. The largest absolute Gasteiger partial charge is 0.301 e. The minimum absolute atomic E-state index is 0.223. The van der Waals surface area contributed by atoms with Gasteiger partial charge in [0.2, 0.25) is 0 Å². The average molecular weight is 292 g/mol. The second-order valence-corrected chi connectivity index (χ2v) is 5.08. The van der Waals surface area contributed by atoms with Crippen molar-refractivity contribution in [1.82, 2.24) is 10.3 Å². The summed E-state index contributed by atoms with van der Waals surface area (Å²) in [5.74, 6) is -0.223. The number of benzene rings is 2. The van der Waals surface area contributed by atoms with E-state index in [0.29, 0.717) is 12.1 Å². The zero-order valence-corrected chi connectivity index (χ0v) is 12.1. The Hall–Kier alpha value is -2.52. The fourth-order valence-corrected chi connectivity index (χ4v) is 2.45. The third-order valence-electron chi connectivity index (χ3n) is 3.55. The third-order valence-corrected chi connectivity index (χ3v) is 3.55. The van der Waals surface area contributed by atoms with Gasteiger partial charge >= 0.3 is 0 Å². The van der Waals surface area contributed by atoms with Gasteiger partial charge in [-0.3, -0.25) is 4.98 Å². The highest BCUT2D eigenvalue weighted by Crippen LogP contribution is 2.23. The quantitative estimate of drug-likeness (QED) is 0.766. The highest BCUT2D eigenvalue weighted by molar-refractivity contribution is 5.29. The molecule has 0 fully saturated rings. The Labute approximate surface area is 129 Å². The van der Waals surface area contributed by atoms with E-state index in [-0.39, 0.29) is 11.9 Å². The number of nitrogens with zero attached hydrogens (tertiary/aromatic N) is 1. The summed E-state index contributed by atoms with van der Waals surface area (Å²) in [5.41, 5.74) is 2.57. The molecule has 0 amide bonds. The topological polar surface area (TPSA) is 24.9 Å². The smallest absolute Gasteiger partial charge is 0.128 e. The van der Waals surface area contributed by atoms with Gasteiger partial charge in [0.05, 0.1) is 11.7 Å². The van der Waals surface area contributed by atoms with Crippen molar-refractivity contribution in [2.75, 3.05) is 0 Å². The molecule has 3 aromatic rings. The van der Waals surface area contributed by atoms with Crippen molar-refractivity contribution < 1.29 is 4.39 Å². The van der Waals surface area contributed by atoms with Gasteiger partial charge in [0.25, 0.3) is 0 Å². The molecule has 110 valence electrons. The molecule has 1 atom stereocenters. The maximum Gasteiger partial charge on any atom is 0.128 e. The van der Waals surface area contributed by atoms with Crippen LogP contribution in [0, 0.1) is 5.82 Å². The molecule has 1 N–H and O–H groups in total. The molecule has 1 aromatic heterocycles. The fourth-order valence-electron chi connectivity index (χ4n) is 2.45. The maximum atomic E-state index is 14.2. The number of pyridine rings is 1. The Morgan fingerprint density at radius 3 is 2.32 bits per heavy atom. The lowest BCUT2D eigenvalue weighted by Crippen LogP contribution is -2.23. The van der Waals surface area contributed by atoms with Gasteiger partial charge in [0.15, 0.2) is 0 Å². The number of aromatic nitrogens is 1. The van der Waals surface area contributed by atoms with Crippen molar-refractivity contribution in [2.24, 2.45) is 0 Å². The van der Waals surface area contributed by atoms with Crippen molar-refractivity contribution in [3.05, 3.63) is 102 Å². The summed E-state index contributed by atoms with van der Waals surface area (Å²) in [6.45, 7) is 0.649. The molecule has 0 aliphatic carbocycles. The summed E-state index contributed by atoms with van der Waals surface area (Å²) in [5, 5.41) is 3.41. The summed E-state index contributed by atoms with van der Waals surface area (Å²) in [7, 11) is 0. The summed E-state index contributed by atoms with van der Waals surface area (Å²) < 4.78 is 14.2. The highest BCUT2D eigenvalue weighted by Gasteiger charge is 2.18. The normalized spacial score (nSPS) is 12.0. The minimum atomic E-state index is -0.275. The zero-order valence-electron chi connectivity index (χ0n) is 12.1. The second-order valence-electron chi connectivity index (χ2n) is 5.08. The number of hydrogen-bond donors (Lipinski definition) is 1. The Morgan fingerprint density at radius 2 is 1.59 bits per heavy atom. The Kier molecular flexibility index (Phi) is 4.56. The Morgan fingerprint density at radius 1 is 0.864 bits per heavy atom. The van der Waals surface area contributed by atoms with Crippen LogP contribution in [-0.4, -0.2) is 4.98 Å². The first-order valence-corrected chi connectivity index (χ1v) is 7.27. The van der Waals surface area contributed by atoms with Crippen LogP contribution in [0.15, 0.2) is 79.0 Å². The van der Waals surface area contributed by atoms with E-state index in [1.807, 2.05) is 54.6 Å². The van der Waals surface area contributed by atoms with Crippen molar-refractivity contribution in [1.29, 1.82) is 0 Å². The van der Waals surface area contributed by atoms with E-state index in [1.165, 1.54) is 6.07 Å². The lowest BCUT2D eigenvalue weighted by molar-refractivity contribution is 0.540. The molecule has 0 unspecified atom stereocenters. The Bertz CT molecular complexity index is 714. The first-order valence-electron chi connectivity index (χ1n) is 7.27. The van der Waals surface area contributed by atoms with E-state index in [0.717, 1.165) is 11.3 Å². The number of rotatable bonds is 5. The van der Waals surface area contributed by atoms with Crippen LogP contribution in [0.4, 0.5) is 4.39 Å². The molecule has 0 saturated heterocycles. The van der Waals surface area contributed by atoms with Crippen molar-refractivity contribution in [3.8, 4) is 0 Å². The molecule has 2 nitrogen and oxygen atoms in total. The van der Waals surface area contributed by atoms with Gasteiger partial charge in [-0.1, -0.05) is 54.6 Å². The summed E-state index contributed by atoms with van der Waals surface area (Å²) in [6.07, 6.45) is 1.73. The molecule has 0 bridgehead atoms. The van der Waals surface area contributed by atoms with Gasteiger partial charge in [0.1, 0.15) is 5.82 Å². The second kappa shape index (κ2) is 6.96. The van der Waals surface area contributed by atoms with Gasteiger partial charge in [0, 0.05) is 18.3 Å². The zero-order chi connectivity index (χ0) is 15.2. The summed E-state index contributed by atoms with van der Waals surface area (Å²) in [4.78, 5) is 4.38. The van der Waals surface area contributed by atoms with Gasteiger partial charge in [-0.15, -0.1) is 0 Å². The molecular weight excluding hydrogens is 275 g/mol. The molecule has 3 heteroatoms. The molecule has 0 saturated carbocycles. The van der Waals surface area contributed by atoms with Gasteiger partial charge in [-0.25, -0.2) is 4.39 Å². The van der Waals surface area contributed by atoms with Crippen LogP contribution < -0.4 is 5.32 Å². The highest BCUT2D eigenvalue weighted by atomic mass is 19.1. The molecule has 0 radical (unpaired) electrons. The number of hydrogen-bond acceptors (Lipinski definition) is 2. The molecule has 22 heavy (non-hydrogen) atoms. The van der Waals surface area contributed by atoms with E-state index in [9.17, 15) is 4.39 Å². The van der Waals surface area contributed by atoms with Crippen LogP contribution in [0.3, 0.4) is 0 Å². The van der Waals surface area contributed by atoms with Gasteiger partial charge in [-0.05, 0) is 23.8 Å². The molecule has 2 aromatic carbocycles. The lowest BCUT2D eigenvalue weighted by atomic mass is 10.0. The molecule has 3 rings (SSSR count). The number of nitrogens with one attached hydrogen (secondary N) is 1. The Balaban J connectivity index is 1.89. The van der Waals surface area contributed by atoms with Crippen molar-refractivity contribution in [2.45, 2.75) is 12.6 Å². The van der Waals surface area contributed by atoms with E-state index in [2.05, 4.69) is 10.3 Å². The van der Waals surface area contributed by atoms with Crippen LogP contribution in [0.25, 0.3) is 0 Å². The van der Waals surface area contributed by atoms with Crippen LogP contribution in [0.2, 0.25) is 0 Å². The van der Waals surface area contributed by atoms with E-state index in [1.54, 1.807) is 18.3 Å². The van der Waals surface area contributed by atoms with Gasteiger partial charge in [-0.2, -0.15) is 0 Å². The maximum absolute atomic E-state index is 14.2. The summed E-state index contributed by atoms with van der Waals surface area (Å²) >= 11 is 0. The predicted octanol–water partition coefficient (Wildman–Crippen LogP) is 4.10. The summed E-state index contributed by atoms with van der Waals surface area (Å²) in [6, 6.07) is 22.3. The molecular formula is C19H17FN2. The third kappa shape index (κ3) is 3.38. The van der Waals surface area contributed by atoms with Crippen LogP contribution >= 0.6 is 0 Å². The van der Waals surface area contributed by atoms with E-state index in [4.69, 9.17) is 0 Å². The van der Waals surface area contributed by atoms with E-state index >= 15 is 0 Å². The van der Waals surface area contributed by atoms with E-state index < -0.39 is 0 Å². The van der Waals surface area contributed by atoms with Crippen LogP contribution in [0.5, 0.6) is 0 Å². The molecule has 0 spiro atoms. The molecule has 0 aliphatic rings. The lowest BCUT2D eigenvalue weighted by Gasteiger charge is -2.19. The van der Waals surface area contributed by atoms with Gasteiger partial charge < -0.3 is 5.32 Å². The fraction of sp³-hybridized carbons (Fsp3) is 0.105. The SMILES string of the molecule is Fc1ccccc1[C@H](NCc1ccccc1)c1ccccn1. The van der Waals surface area contributed by atoms with Crippen molar-refractivity contribution >= 4 is 0 Å². The predicted molar refractivity (Wildman–Crippen MR) is 85.8 cm³/mol. The minimum Gasteiger partial charge on any atom is -0.301 e. The average Bonchev–Trinajstić information content (AvgIpc) is 2.58. The van der Waals surface area contributed by atoms with Crippen LogP contribution in [-0.2, 0) is 6.54 Å². The molecule has 1 heterocycles. The van der Waals surface area contributed by atoms with Crippen LogP contribution in [0.1, 0.15) is 22.9 Å². The first kappa shape index (κ1) is 14.4. The monoisotopic (exact) mass is 292 g/mol. The first-order chi connectivity index (χ1) is 10.8. The number of halogens is 1. The van der Waals surface area contributed by atoms with Crippen molar-refractivity contribution in [3.63, 3.8) is 0 Å².